The Hall–Kier alpha value is -1.95. The standard InChI is InChI=1S/C23H41N3O2.C13H23N3O.C10H18O2/c1-17(2)28-16-18-7-9-20(10-8-18)25-13-11-21(12-14-25)26-22-6-4-3-5-19(22)15-24-23(26)27;17-13-15-9-10-3-1-2-4-12(10)16(13)11-5-7-14-8-6-11;1-8(2)12-7-9-3-5-10(11)6-4-9/h17-22H,3-16H2,1-2H3,(H,24,27);10-12,14H,1-9H2,(H,15,17);8-9H,3-7H2,1-2H3/t18?,19-,20?,22+;10-,12+;/m11./s1. The second-order valence-corrected chi connectivity index (χ2v) is 19.6. The van der Waals surface area contributed by atoms with E-state index in [1.54, 1.807) is 0 Å². The van der Waals surface area contributed by atoms with E-state index in [9.17, 15) is 14.4 Å². The Morgan fingerprint density at radius 1 is 0.544 bits per heavy atom. The molecule has 8 fully saturated rings. The molecule has 11 heteroatoms. The number of likely N-dealkylation sites (tertiary alicyclic amines) is 1. The topological polar surface area (TPSA) is 115 Å². The van der Waals surface area contributed by atoms with Crippen molar-refractivity contribution in [3.05, 3.63) is 0 Å². The van der Waals surface area contributed by atoms with Gasteiger partial charge in [0.05, 0.1) is 12.2 Å². The summed E-state index contributed by atoms with van der Waals surface area (Å²) >= 11 is 0. The van der Waals surface area contributed by atoms with E-state index in [0.717, 1.165) is 103 Å². The molecule has 4 saturated heterocycles. The number of amides is 4. The fraction of sp³-hybridized carbons (Fsp3) is 0.935. The molecule has 0 aromatic heterocycles. The zero-order valence-corrected chi connectivity index (χ0v) is 36.5. The number of carbonyl (C=O) groups excluding carboxylic acids is 3. The molecule has 326 valence electrons. The number of ether oxygens (including phenoxy) is 2. The van der Waals surface area contributed by atoms with E-state index in [1.165, 1.54) is 90.1 Å². The summed E-state index contributed by atoms with van der Waals surface area (Å²) in [5.41, 5.74) is 0. The summed E-state index contributed by atoms with van der Waals surface area (Å²) in [6.07, 6.45) is 24.5. The normalized spacial score (nSPS) is 32.4. The number of nitrogens with one attached hydrogen (secondary N) is 3. The second kappa shape index (κ2) is 22.6. The number of carbonyl (C=O) groups is 3. The van der Waals surface area contributed by atoms with Crippen molar-refractivity contribution in [2.45, 2.75) is 199 Å². The second-order valence-electron chi connectivity index (χ2n) is 19.6. The Bertz CT molecular complexity index is 1220. The van der Waals surface area contributed by atoms with Crippen LogP contribution in [0.15, 0.2) is 0 Å². The van der Waals surface area contributed by atoms with Crippen molar-refractivity contribution in [1.82, 2.24) is 30.7 Å². The number of rotatable bonds is 9. The van der Waals surface area contributed by atoms with E-state index in [-0.39, 0.29) is 12.1 Å². The fourth-order valence-electron chi connectivity index (χ4n) is 11.5. The monoisotopic (exact) mass is 799 g/mol. The number of fused-ring (bicyclic) bond motifs is 2. The molecule has 4 aliphatic carbocycles. The summed E-state index contributed by atoms with van der Waals surface area (Å²) in [6, 6.07) is 3.14. The largest absolute Gasteiger partial charge is 0.379 e. The molecule has 0 aromatic carbocycles. The number of urea groups is 2. The molecule has 0 spiro atoms. The van der Waals surface area contributed by atoms with Gasteiger partial charge in [-0.25, -0.2) is 9.59 Å². The Kier molecular flexibility index (Phi) is 17.7. The minimum absolute atomic E-state index is 0.194. The van der Waals surface area contributed by atoms with Crippen molar-refractivity contribution in [2.75, 3.05) is 52.5 Å². The van der Waals surface area contributed by atoms with E-state index >= 15 is 0 Å². The average molecular weight is 799 g/mol. The van der Waals surface area contributed by atoms with Gasteiger partial charge < -0.3 is 40.1 Å². The Morgan fingerprint density at radius 2 is 1.00 bits per heavy atom. The van der Waals surface area contributed by atoms with Gasteiger partial charge in [-0.2, -0.15) is 0 Å². The van der Waals surface area contributed by atoms with Crippen LogP contribution >= 0.6 is 0 Å². The highest BCUT2D eigenvalue weighted by molar-refractivity contribution is 5.79. The lowest BCUT2D eigenvalue weighted by Crippen LogP contribution is -2.63. The van der Waals surface area contributed by atoms with Gasteiger partial charge in [-0.15, -0.1) is 0 Å². The maximum Gasteiger partial charge on any atom is 0.317 e. The molecule has 11 nitrogen and oxygen atoms in total. The van der Waals surface area contributed by atoms with Gasteiger partial charge in [0.1, 0.15) is 5.78 Å². The highest BCUT2D eigenvalue weighted by Crippen LogP contribution is 2.36. The molecular formula is C46H82N6O5. The van der Waals surface area contributed by atoms with Crippen LogP contribution in [0.3, 0.4) is 0 Å². The van der Waals surface area contributed by atoms with Gasteiger partial charge >= 0.3 is 12.1 Å². The summed E-state index contributed by atoms with van der Waals surface area (Å²) in [4.78, 5) is 42.9. The smallest absolute Gasteiger partial charge is 0.317 e. The van der Waals surface area contributed by atoms with Crippen molar-refractivity contribution >= 4 is 17.8 Å². The summed E-state index contributed by atoms with van der Waals surface area (Å²) in [5.74, 6) is 3.21. The lowest BCUT2D eigenvalue weighted by Gasteiger charge is -2.50. The minimum atomic E-state index is 0.194. The van der Waals surface area contributed by atoms with Crippen molar-refractivity contribution in [3.63, 3.8) is 0 Å². The summed E-state index contributed by atoms with van der Waals surface area (Å²) < 4.78 is 11.3. The quantitative estimate of drug-likeness (QED) is 0.221. The van der Waals surface area contributed by atoms with Crippen molar-refractivity contribution in [2.24, 2.45) is 23.7 Å². The van der Waals surface area contributed by atoms with E-state index in [4.69, 9.17) is 9.47 Å². The Morgan fingerprint density at radius 3 is 1.49 bits per heavy atom. The summed E-state index contributed by atoms with van der Waals surface area (Å²) in [6.45, 7) is 16.4. The lowest BCUT2D eigenvalue weighted by molar-refractivity contribution is -0.121. The van der Waals surface area contributed by atoms with Gasteiger partial charge in [0.15, 0.2) is 0 Å². The Balaban J connectivity index is 0.000000160. The third kappa shape index (κ3) is 13.0. The first-order valence-electron chi connectivity index (χ1n) is 24.0. The SMILES string of the molecule is CC(C)OCC1CCC(=O)CC1.CC(C)OCC1CCC(N2CCC(N3C(=O)NC[C@H]4CCCC[C@@H]43)CC2)CC1.O=C1NC[C@H]2CCCC[C@@H]2N1C1CCNCC1. The number of piperidine rings is 2. The molecule has 0 radical (unpaired) electrons. The summed E-state index contributed by atoms with van der Waals surface area (Å²) in [7, 11) is 0. The van der Waals surface area contributed by atoms with Crippen LogP contribution in [-0.2, 0) is 14.3 Å². The molecule has 3 N–H and O–H groups in total. The van der Waals surface area contributed by atoms with Crippen LogP contribution in [0.25, 0.3) is 0 Å². The number of ketones is 1. The summed E-state index contributed by atoms with van der Waals surface area (Å²) in [5, 5.41) is 9.67. The van der Waals surface area contributed by atoms with Crippen LogP contribution in [0.4, 0.5) is 9.59 Å². The lowest BCUT2D eigenvalue weighted by atomic mass is 9.80. The van der Waals surface area contributed by atoms with Gasteiger partial charge in [0.2, 0.25) is 0 Å². The number of hydrogen-bond acceptors (Lipinski definition) is 7. The molecule has 4 aliphatic heterocycles. The maximum absolute atomic E-state index is 12.7. The maximum atomic E-state index is 12.7. The van der Waals surface area contributed by atoms with Crippen LogP contribution < -0.4 is 16.0 Å². The first kappa shape index (κ1) is 44.6. The third-order valence-corrected chi connectivity index (χ3v) is 14.9. The van der Waals surface area contributed by atoms with Gasteiger partial charge in [0.25, 0.3) is 0 Å². The first-order valence-corrected chi connectivity index (χ1v) is 24.0. The predicted molar refractivity (Wildman–Crippen MR) is 227 cm³/mol. The number of nitrogens with zero attached hydrogens (tertiary/aromatic N) is 3. The zero-order chi connectivity index (χ0) is 40.1. The first-order chi connectivity index (χ1) is 27.7. The van der Waals surface area contributed by atoms with Gasteiger partial charge in [-0.3, -0.25) is 4.79 Å². The number of Topliss-reactive ketones (excluding diaryl/α,β-unsaturated/α-hetero) is 1. The van der Waals surface area contributed by atoms with Gasteiger partial charge in [0, 0.05) is 82.4 Å². The van der Waals surface area contributed by atoms with E-state index in [1.807, 2.05) is 13.8 Å². The molecule has 8 rings (SSSR count). The highest BCUT2D eigenvalue weighted by atomic mass is 16.5. The molecule has 4 amide bonds. The molecule has 0 bridgehead atoms. The van der Waals surface area contributed by atoms with E-state index < -0.39 is 0 Å². The van der Waals surface area contributed by atoms with Crippen molar-refractivity contribution in [3.8, 4) is 0 Å². The molecule has 4 heterocycles. The molecule has 4 saturated carbocycles. The van der Waals surface area contributed by atoms with Crippen molar-refractivity contribution < 1.29 is 23.9 Å². The van der Waals surface area contributed by atoms with Crippen molar-refractivity contribution in [1.29, 1.82) is 0 Å². The third-order valence-electron chi connectivity index (χ3n) is 14.9. The average Bonchev–Trinajstić information content (AvgIpc) is 3.24. The predicted octanol–water partition coefficient (Wildman–Crippen LogP) is 7.51. The van der Waals surface area contributed by atoms with E-state index in [2.05, 4.69) is 44.5 Å². The molecule has 57 heavy (non-hydrogen) atoms. The van der Waals surface area contributed by atoms with E-state index in [0.29, 0.717) is 59.9 Å². The minimum Gasteiger partial charge on any atom is -0.379 e. The van der Waals surface area contributed by atoms with Gasteiger partial charge in [-0.1, -0.05) is 25.7 Å². The van der Waals surface area contributed by atoms with Crippen LogP contribution in [-0.4, -0.2) is 127 Å². The highest BCUT2D eigenvalue weighted by Gasteiger charge is 2.43. The van der Waals surface area contributed by atoms with Gasteiger partial charge in [-0.05, 0) is 154 Å². The van der Waals surface area contributed by atoms with Crippen LogP contribution in [0.2, 0.25) is 0 Å². The van der Waals surface area contributed by atoms with Crippen LogP contribution in [0.1, 0.15) is 156 Å². The van der Waals surface area contributed by atoms with Crippen LogP contribution in [0.5, 0.6) is 0 Å². The fourth-order valence-corrected chi connectivity index (χ4v) is 11.5. The van der Waals surface area contributed by atoms with Crippen LogP contribution in [0, 0.1) is 23.7 Å². The Labute approximate surface area is 346 Å². The molecule has 0 unspecified atom stereocenters. The molecule has 4 atom stereocenters. The molecule has 0 aromatic rings. The molecular weight excluding hydrogens is 717 g/mol. The molecule has 8 aliphatic rings. The number of hydrogen-bond donors (Lipinski definition) is 3. The zero-order valence-electron chi connectivity index (χ0n) is 36.5.